The van der Waals surface area contributed by atoms with Crippen LogP contribution in [0.2, 0.25) is 0 Å². The molecule has 0 N–H and O–H groups in total. The molecule has 0 aromatic rings. The SMILES string of the molecule is CC1(C)OCCN(C(=O)CCCCC(=O)N2CCOC(C)(C)OCC2)CCO1. The molecule has 2 saturated heterocycles. The molecule has 0 aromatic heterocycles. The number of rotatable bonds is 5. The average Bonchev–Trinajstić information content (AvgIpc) is 2.58. The summed E-state index contributed by atoms with van der Waals surface area (Å²) in [5.41, 5.74) is 0. The van der Waals surface area contributed by atoms with Crippen LogP contribution in [0.4, 0.5) is 0 Å². The summed E-state index contributed by atoms with van der Waals surface area (Å²) in [5.74, 6) is -0.995. The second-order valence-electron chi connectivity index (χ2n) is 8.16. The first-order valence-corrected chi connectivity index (χ1v) is 10.3. The van der Waals surface area contributed by atoms with Crippen molar-refractivity contribution in [3.8, 4) is 0 Å². The Balaban J connectivity index is 1.63. The molecular formula is C20H36N2O6. The molecule has 2 aliphatic heterocycles. The molecule has 0 spiro atoms. The summed E-state index contributed by atoms with van der Waals surface area (Å²) < 4.78 is 22.5. The van der Waals surface area contributed by atoms with Gasteiger partial charge in [0.2, 0.25) is 11.8 Å². The number of carbonyl (C=O) groups excluding carboxylic acids is 2. The molecular weight excluding hydrogens is 364 g/mol. The summed E-state index contributed by atoms with van der Waals surface area (Å²) in [6, 6.07) is 0. The van der Waals surface area contributed by atoms with Crippen molar-refractivity contribution in [2.45, 2.75) is 65.0 Å². The summed E-state index contributed by atoms with van der Waals surface area (Å²) >= 11 is 0. The lowest BCUT2D eigenvalue weighted by Gasteiger charge is -2.33. The van der Waals surface area contributed by atoms with Gasteiger partial charge < -0.3 is 28.7 Å². The molecule has 0 saturated carbocycles. The minimum Gasteiger partial charge on any atom is -0.349 e. The number of unbranched alkanes of at least 4 members (excludes halogenated alkanes) is 1. The van der Waals surface area contributed by atoms with Gasteiger partial charge in [0.1, 0.15) is 0 Å². The standard InChI is InChI=1S/C20H36N2O6/c1-19(2)25-13-9-21(10-14-26-19)17(23)7-5-6-8-18(24)22-11-15-27-20(3,4)28-16-12-22/h5-16H2,1-4H3. The van der Waals surface area contributed by atoms with Crippen LogP contribution in [0.15, 0.2) is 0 Å². The molecule has 0 radical (unpaired) electrons. The molecule has 8 nitrogen and oxygen atoms in total. The largest absolute Gasteiger partial charge is 0.349 e. The molecule has 2 fully saturated rings. The highest BCUT2D eigenvalue weighted by atomic mass is 16.7. The van der Waals surface area contributed by atoms with Gasteiger partial charge in [0.15, 0.2) is 11.6 Å². The van der Waals surface area contributed by atoms with E-state index in [4.69, 9.17) is 18.9 Å². The first-order valence-electron chi connectivity index (χ1n) is 10.3. The molecule has 162 valence electrons. The van der Waals surface area contributed by atoms with Gasteiger partial charge in [-0.05, 0) is 40.5 Å². The zero-order valence-corrected chi connectivity index (χ0v) is 17.8. The van der Waals surface area contributed by atoms with Crippen LogP contribution >= 0.6 is 0 Å². The Morgan fingerprint density at radius 1 is 0.643 bits per heavy atom. The van der Waals surface area contributed by atoms with Crippen molar-refractivity contribution in [3.05, 3.63) is 0 Å². The summed E-state index contributed by atoms with van der Waals surface area (Å²) in [7, 11) is 0. The van der Waals surface area contributed by atoms with Gasteiger partial charge in [0.25, 0.3) is 0 Å². The molecule has 0 unspecified atom stereocenters. The number of ether oxygens (including phenoxy) is 4. The Labute approximate surface area is 168 Å². The lowest BCUT2D eigenvalue weighted by atomic mass is 10.1. The van der Waals surface area contributed by atoms with Crippen LogP contribution in [0.5, 0.6) is 0 Å². The van der Waals surface area contributed by atoms with Crippen LogP contribution < -0.4 is 0 Å². The van der Waals surface area contributed by atoms with Gasteiger partial charge in [0.05, 0.1) is 26.4 Å². The highest BCUT2D eigenvalue weighted by molar-refractivity contribution is 5.77. The summed E-state index contributed by atoms with van der Waals surface area (Å²) in [6.07, 6.45) is 2.28. The fourth-order valence-corrected chi connectivity index (χ4v) is 3.28. The summed E-state index contributed by atoms with van der Waals surface area (Å²) in [6.45, 7) is 11.7. The predicted molar refractivity (Wildman–Crippen MR) is 104 cm³/mol. The van der Waals surface area contributed by atoms with E-state index in [1.165, 1.54) is 0 Å². The van der Waals surface area contributed by atoms with E-state index in [1.807, 2.05) is 27.7 Å². The maximum atomic E-state index is 12.4. The number of nitrogens with zero attached hydrogens (tertiary/aromatic N) is 2. The number of hydrogen-bond acceptors (Lipinski definition) is 6. The predicted octanol–water partition coefficient (Wildman–Crippen LogP) is 1.77. The summed E-state index contributed by atoms with van der Waals surface area (Å²) in [4.78, 5) is 28.4. The third-order valence-electron chi connectivity index (χ3n) is 4.98. The van der Waals surface area contributed by atoms with Gasteiger partial charge in [-0.1, -0.05) is 0 Å². The van der Waals surface area contributed by atoms with Crippen molar-refractivity contribution in [1.29, 1.82) is 0 Å². The molecule has 2 heterocycles. The minimum absolute atomic E-state index is 0.0923. The maximum absolute atomic E-state index is 12.4. The van der Waals surface area contributed by atoms with Gasteiger partial charge in [0, 0.05) is 39.0 Å². The molecule has 28 heavy (non-hydrogen) atoms. The van der Waals surface area contributed by atoms with Crippen LogP contribution in [0, 0.1) is 0 Å². The zero-order valence-electron chi connectivity index (χ0n) is 17.8. The van der Waals surface area contributed by atoms with Crippen molar-refractivity contribution in [2.75, 3.05) is 52.6 Å². The van der Waals surface area contributed by atoms with E-state index in [0.29, 0.717) is 78.3 Å². The third-order valence-corrected chi connectivity index (χ3v) is 4.98. The smallest absolute Gasteiger partial charge is 0.222 e. The molecule has 2 amide bonds. The number of hydrogen-bond donors (Lipinski definition) is 0. The molecule has 2 aliphatic rings. The monoisotopic (exact) mass is 400 g/mol. The Hall–Kier alpha value is -1.22. The summed E-state index contributed by atoms with van der Waals surface area (Å²) in [5, 5.41) is 0. The molecule has 0 bridgehead atoms. The fourth-order valence-electron chi connectivity index (χ4n) is 3.28. The van der Waals surface area contributed by atoms with E-state index in [-0.39, 0.29) is 11.8 Å². The Bertz CT molecular complexity index is 453. The van der Waals surface area contributed by atoms with Crippen LogP contribution in [0.25, 0.3) is 0 Å². The lowest BCUT2D eigenvalue weighted by Crippen LogP contribution is -2.43. The van der Waals surface area contributed by atoms with Gasteiger partial charge >= 0.3 is 0 Å². The molecule has 0 atom stereocenters. The Morgan fingerprint density at radius 3 is 1.21 bits per heavy atom. The highest BCUT2D eigenvalue weighted by Crippen LogP contribution is 2.16. The fraction of sp³-hybridized carbons (Fsp3) is 0.900. The van der Waals surface area contributed by atoms with E-state index >= 15 is 0 Å². The van der Waals surface area contributed by atoms with E-state index in [9.17, 15) is 9.59 Å². The van der Waals surface area contributed by atoms with Crippen molar-refractivity contribution >= 4 is 11.8 Å². The molecule has 0 aromatic carbocycles. The van der Waals surface area contributed by atoms with E-state index in [0.717, 1.165) is 0 Å². The van der Waals surface area contributed by atoms with Crippen LogP contribution in [-0.4, -0.2) is 85.8 Å². The quantitative estimate of drug-likeness (QED) is 0.655. The van der Waals surface area contributed by atoms with Crippen molar-refractivity contribution in [2.24, 2.45) is 0 Å². The van der Waals surface area contributed by atoms with E-state index < -0.39 is 11.6 Å². The van der Waals surface area contributed by atoms with E-state index in [2.05, 4.69) is 0 Å². The number of amides is 2. The van der Waals surface area contributed by atoms with Crippen LogP contribution in [-0.2, 0) is 28.5 Å². The molecule has 8 heteroatoms. The van der Waals surface area contributed by atoms with Gasteiger partial charge in [-0.25, -0.2) is 0 Å². The zero-order chi connectivity index (χ0) is 20.6. The topological polar surface area (TPSA) is 77.5 Å². The van der Waals surface area contributed by atoms with Crippen LogP contribution in [0.3, 0.4) is 0 Å². The van der Waals surface area contributed by atoms with Gasteiger partial charge in [-0.3, -0.25) is 9.59 Å². The minimum atomic E-state index is -0.590. The Kier molecular flexibility index (Phi) is 8.67. The van der Waals surface area contributed by atoms with Crippen molar-refractivity contribution in [1.82, 2.24) is 9.80 Å². The van der Waals surface area contributed by atoms with Crippen molar-refractivity contribution in [3.63, 3.8) is 0 Å². The van der Waals surface area contributed by atoms with Crippen LogP contribution in [0.1, 0.15) is 53.4 Å². The molecule has 2 rings (SSSR count). The van der Waals surface area contributed by atoms with E-state index in [1.54, 1.807) is 9.80 Å². The maximum Gasteiger partial charge on any atom is 0.222 e. The first-order chi connectivity index (χ1) is 13.2. The highest BCUT2D eigenvalue weighted by Gasteiger charge is 2.25. The van der Waals surface area contributed by atoms with Gasteiger partial charge in [-0.15, -0.1) is 0 Å². The second kappa shape index (κ2) is 10.5. The third kappa shape index (κ3) is 8.03. The first kappa shape index (κ1) is 23.1. The normalized spacial score (nSPS) is 23.3. The second-order valence-corrected chi connectivity index (χ2v) is 8.16. The Morgan fingerprint density at radius 2 is 0.929 bits per heavy atom. The molecule has 0 aliphatic carbocycles. The number of carbonyl (C=O) groups is 2. The van der Waals surface area contributed by atoms with Crippen molar-refractivity contribution < 1.29 is 28.5 Å². The van der Waals surface area contributed by atoms with Gasteiger partial charge in [-0.2, -0.15) is 0 Å². The lowest BCUT2D eigenvalue weighted by molar-refractivity contribution is -0.226. The average molecular weight is 401 g/mol.